The van der Waals surface area contributed by atoms with E-state index in [4.69, 9.17) is 0 Å². The van der Waals surface area contributed by atoms with Gasteiger partial charge in [0.05, 0.1) is 0 Å². The standard InChI is InChI=1S/2C60H40/c1-5-17-41(18-6-1)49-35-50(42-19-7-2-8-20-42)38-53(37-49)46-31-29-45-30-32-47(34-48(45)33-46)59-55-25-13-15-27-57(55)60(58-28-16-14-26-56(58)59)54-39-51(43-21-9-3-10-22-43)36-52(40-54)44-23-11-4-12-24-44;1-4-14-41(15-5-1)44-24-26-45(27-25-44)46-28-30-47(31-29-46)49-34-32-48-33-35-50(37-51(48)36-49)59-55-20-10-12-22-57(55)60(58-23-13-11-21-56(58)59)54-39-52(42-16-6-2-7-17-42)38-53(40-54)43-18-8-3-9-19-43/h2*1-40H. The van der Waals surface area contributed by atoms with Crippen LogP contribution in [0.5, 0.6) is 0 Å². The lowest BCUT2D eigenvalue weighted by molar-refractivity contribution is 1.57. The molecule has 22 rings (SSSR count). The number of benzene rings is 22. The molecule has 0 atom stereocenters. The van der Waals surface area contributed by atoms with E-state index < -0.39 is 0 Å². The Bertz CT molecular complexity index is 7260. The van der Waals surface area contributed by atoms with Crippen LogP contribution >= 0.6 is 0 Å². The molecular formula is C120H80. The minimum Gasteiger partial charge on any atom is -0.0622 e. The summed E-state index contributed by atoms with van der Waals surface area (Å²) in [6, 6.07) is 178. The van der Waals surface area contributed by atoms with E-state index in [1.807, 2.05) is 0 Å². The summed E-state index contributed by atoms with van der Waals surface area (Å²) >= 11 is 0. The lowest BCUT2D eigenvalue weighted by Gasteiger charge is -2.19. The Morgan fingerprint density at radius 1 is 0.0750 bits per heavy atom. The van der Waals surface area contributed by atoms with E-state index in [0.29, 0.717) is 0 Å². The molecule has 0 aromatic heterocycles. The second-order valence-electron chi connectivity index (χ2n) is 31.3. The van der Waals surface area contributed by atoms with Gasteiger partial charge in [-0.05, 0) is 299 Å². The molecule has 0 heteroatoms. The van der Waals surface area contributed by atoms with Crippen LogP contribution in [0.3, 0.4) is 0 Å². The van der Waals surface area contributed by atoms with Crippen molar-refractivity contribution in [1.29, 1.82) is 0 Å². The number of fused-ring (bicyclic) bond motifs is 6. The molecule has 0 nitrogen and oxygen atoms in total. The second-order valence-corrected chi connectivity index (χ2v) is 31.3. The molecule has 0 saturated heterocycles. The molecule has 0 unspecified atom stereocenters. The van der Waals surface area contributed by atoms with E-state index in [-0.39, 0.29) is 0 Å². The SMILES string of the molecule is c1ccc(-c2cc(-c3ccccc3)cc(-c3ccc4ccc(-c5c6ccccc6c(-c6cc(-c7ccccc7)cc(-c7ccccc7)c6)c6ccccc56)cc4c3)c2)cc1.c1ccc(-c2ccc(-c3ccc(-c4ccc5ccc(-c6c7ccccc7c(-c7cc(-c8ccccc8)cc(-c8ccccc8)c7)c7ccccc67)cc5c4)cc3)cc2)cc1. The quantitative estimate of drug-likeness (QED) is 0.0952. The zero-order chi connectivity index (χ0) is 79.7. The van der Waals surface area contributed by atoms with Gasteiger partial charge in [0.15, 0.2) is 0 Å². The molecule has 0 heterocycles. The molecule has 22 aromatic rings. The van der Waals surface area contributed by atoms with Crippen LogP contribution in [0, 0.1) is 0 Å². The van der Waals surface area contributed by atoms with Gasteiger partial charge >= 0.3 is 0 Å². The average molecular weight is 1520 g/mol. The van der Waals surface area contributed by atoms with Gasteiger partial charge in [0.2, 0.25) is 0 Å². The maximum Gasteiger partial charge on any atom is -0.00259 e. The molecule has 0 saturated carbocycles. The molecule has 0 aliphatic rings. The van der Waals surface area contributed by atoms with Gasteiger partial charge in [0.1, 0.15) is 0 Å². The number of rotatable bonds is 14. The molecule has 0 amide bonds. The normalized spacial score (nSPS) is 11.3. The van der Waals surface area contributed by atoms with Crippen LogP contribution in [0.1, 0.15) is 0 Å². The monoisotopic (exact) mass is 1520 g/mol. The van der Waals surface area contributed by atoms with Crippen LogP contribution in [-0.4, -0.2) is 0 Å². The van der Waals surface area contributed by atoms with Gasteiger partial charge in [-0.15, -0.1) is 0 Å². The molecule has 0 N–H and O–H groups in total. The highest BCUT2D eigenvalue weighted by molar-refractivity contribution is 6.24. The number of hydrogen-bond donors (Lipinski definition) is 0. The Hall–Kier alpha value is -15.6. The molecule has 0 radical (unpaired) electrons. The van der Waals surface area contributed by atoms with E-state index >= 15 is 0 Å². The van der Waals surface area contributed by atoms with Gasteiger partial charge in [0, 0.05) is 0 Å². The Balaban J connectivity index is 0.000000148. The summed E-state index contributed by atoms with van der Waals surface area (Å²) in [5, 5.41) is 14.9. The highest BCUT2D eigenvalue weighted by atomic mass is 14.3. The van der Waals surface area contributed by atoms with E-state index in [1.54, 1.807) is 0 Å². The predicted octanol–water partition coefficient (Wildman–Crippen LogP) is 33.6. The molecule has 0 fully saturated rings. The molecule has 0 bridgehead atoms. The molecule has 22 aromatic carbocycles. The van der Waals surface area contributed by atoms with Gasteiger partial charge in [-0.2, -0.15) is 0 Å². The highest BCUT2D eigenvalue weighted by Crippen LogP contribution is 2.49. The van der Waals surface area contributed by atoms with Gasteiger partial charge in [-0.3, -0.25) is 0 Å². The molecule has 0 aliphatic heterocycles. The third-order valence-electron chi connectivity index (χ3n) is 24.0. The minimum absolute atomic E-state index is 1.20. The van der Waals surface area contributed by atoms with Crippen LogP contribution < -0.4 is 0 Å². The average Bonchev–Trinajstić information content (AvgIpc) is 0.732. The van der Waals surface area contributed by atoms with E-state index in [1.165, 1.54) is 220 Å². The van der Waals surface area contributed by atoms with Crippen molar-refractivity contribution in [3.63, 3.8) is 0 Å². The summed E-state index contributed by atoms with van der Waals surface area (Å²) in [7, 11) is 0. The lowest BCUT2D eigenvalue weighted by Crippen LogP contribution is -1.92. The summed E-state index contributed by atoms with van der Waals surface area (Å²) < 4.78 is 0. The van der Waals surface area contributed by atoms with Crippen molar-refractivity contribution in [2.24, 2.45) is 0 Å². The third-order valence-corrected chi connectivity index (χ3v) is 24.0. The van der Waals surface area contributed by atoms with Gasteiger partial charge < -0.3 is 0 Å². The van der Waals surface area contributed by atoms with Crippen molar-refractivity contribution in [2.45, 2.75) is 0 Å². The van der Waals surface area contributed by atoms with E-state index in [2.05, 4.69) is 485 Å². The maximum atomic E-state index is 2.40. The van der Waals surface area contributed by atoms with Crippen molar-refractivity contribution in [3.05, 3.63) is 485 Å². The predicted molar refractivity (Wildman–Crippen MR) is 514 cm³/mol. The topological polar surface area (TPSA) is 0 Å². The Morgan fingerprint density at radius 3 is 0.450 bits per heavy atom. The van der Waals surface area contributed by atoms with Crippen molar-refractivity contribution in [1.82, 2.24) is 0 Å². The summed E-state index contributed by atoms with van der Waals surface area (Å²) in [6.45, 7) is 0. The Labute approximate surface area is 700 Å². The summed E-state index contributed by atoms with van der Waals surface area (Å²) in [6.07, 6.45) is 0. The van der Waals surface area contributed by atoms with Crippen molar-refractivity contribution < 1.29 is 0 Å². The summed E-state index contributed by atoms with van der Waals surface area (Å²) in [5.41, 5.74) is 34.2. The lowest BCUT2D eigenvalue weighted by atomic mass is 9.84. The van der Waals surface area contributed by atoms with Crippen LogP contribution in [0.15, 0.2) is 485 Å². The van der Waals surface area contributed by atoms with Crippen LogP contribution in [0.4, 0.5) is 0 Å². The smallest absolute Gasteiger partial charge is 0.00259 e. The molecule has 560 valence electrons. The van der Waals surface area contributed by atoms with E-state index in [0.717, 1.165) is 0 Å². The van der Waals surface area contributed by atoms with Crippen LogP contribution in [0.2, 0.25) is 0 Å². The molecule has 120 heavy (non-hydrogen) atoms. The zero-order valence-corrected chi connectivity index (χ0v) is 66.2. The first-order valence-corrected chi connectivity index (χ1v) is 41.5. The van der Waals surface area contributed by atoms with Crippen LogP contribution in [0.25, 0.3) is 220 Å². The van der Waals surface area contributed by atoms with Gasteiger partial charge in [-0.1, -0.05) is 406 Å². The van der Waals surface area contributed by atoms with E-state index in [9.17, 15) is 0 Å². The fourth-order valence-electron chi connectivity index (χ4n) is 18.1. The largest absolute Gasteiger partial charge is 0.0622 e. The fraction of sp³-hybridized carbons (Fsp3) is 0. The summed E-state index contributed by atoms with van der Waals surface area (Å²) in [4.78, 5) is 0. The first kappa shape index (κ1) is 72.1. The summed E-state index contributed by atoms with van der Waals surface area (Å²) in [5.74, 6) is 0. The van der Waals surface area contributed by atoms with Crippen LogP contribution in [-0.2, 0) is 0 Å². The third kappa shape index (κ3) is 14.2. The maximum absolute atomic E-state index is 2.40. The molecule has 0 aliphatic carbocycles. The van der Waals surface area contributed by atoms with Crippen molar-refractivity contribution in [2.75, 3.05) is 0 Å². The van der Waals surface area contributed by atoms with Crippen molar-refractivity contribution >= 4 is 64.6 Å². The Morgan fingerprint density at radius 2 is 0.217 bits per heavy atom. The number of hydrogen-bond acceptors (Lipinski definition) is 0. The molecule has 0 spiro atoms. The zero-order valence-electron chi connectivity index (χ0n) is 66.2. The van der Waals surface area contributed by atoms with Gasteiger partial charge in [0.25, 0.3) is 0 Å². The second kappa shape index (κ2) is 31.9. The van der Waals surface area contributed by atoms with Crippen molar-refractivity contribution in [3.8, 4) is 156 Å². The molecular weight excluding hydrogens is 1440 g/mol. The first-order chi connectivity index (χ1) is 59.5. The minimum atomic E-state index is 1.20. The highest BCUT2D eigenvalue weighted by Gasteiger charge is 2.22. The van der Waals surface area contributed by atoms with Gasteiger partial charge in [-0.25, -0.2) is 0 Å². The fourth-order valence-corrected chi connectivity index (χ4v) is 18.1. The Kier molecular flexibility index (Phi) is 19.2. The first-order valence-electron chi connectivity index (χ1n) is 41.5.